The summed E-state index contributed by atoms with van der Waals surface area (Å²) in [5.74, 6) is -2.24. The molecule has 2 unspecified atom stereocenters. The number of aliphatic hydroxyl groups excluding tert-OH is 2. The van der Waals surface area contributed by atoms with Crippen molar-refractivity contribution < 1.29 is 67.9 Å². The van der Waals surface area contributed by atoms with Crippen LogP contribution in [0.15, 0.2) is 158 Å². The van der Waals surface area contributed by atoms with E-state index in [0.717, 1.165) is 49.5 Å². The standard InChI is InChI=1S/C30H32Cl2N4O4.C23H32N4O3S.C18H27NO4.C14H12N2O3.C3H8/c1-18(2)40-25-16-21(8-13-24(25)37)29-33-27(19-4-9-22(31)10-5-19)28(20-6-11-23(32)12-7-20)36(29)30(39)35-15-14-34(3)26(38)17-35;1-14-19(31-13-26-14)16-8-6-15(7-9-16)11-25-21(29)18-10-17(28)12-27(18)22(30)20(24-5)23(2,3)4;1-12(2)9-14(18(22)23-3)11-16(20)17(21)15(19)10-13-7-5-4-6-8-13;1-8-9-4-2-3-5-10(9)14(19)16(8)11-6-7-12(17)15-13(11)18;1-3-2/h4-13,16,18,27-29,33,37H,14-15,17H2,1-3H3;6-9,13,17-18,20,24,28H,10-12H2,1-5H3,(H,25,29);4-8,12,14-15,17,21H,9-11,19H2,1-3H3;2-5,11H,1,6-7H2,(H,15,17,18);3H2,1-2H3/t27-,28+,29?;17-,18+,20-;14-,15-,17+;;/m011../s1. The van der Waals surface area contributed by atoms with Crippen LogP contribution in [0.5, 0.6) is 11.5 Å². The van der Waals surface area contributed by atoms with Gasteiger partial charge in [0.1, 0.15) is 30.9 Å². The van der Waals surface area contributed by atoms with Gasteiger partial charge in [0, 0.05) is 85.4 Å². The molecule has 6 aromatic carbocycles. The molecule has 1 aromatic heterocycles. The van der Waals surface area contributed by atoms with Crippen molar-refractivity contribution in [2.24, 2.45) is 23.0 Å². The van der Waals surface area contributed by atoms with Crippen LogP contribution in [-0.2, 0) is 51.3 Å². The summed E-state index contributed by atoms with van der Waals surface area (Å²) < 4.78 is 10.6. The molecular formula is C88H111Cl2N11O14S. The summed E-state index contributed by atoms with van der Waals surface area (Å²) in [7, 11) is 4.79. The van der Waals surface area contributed by atoms with Crippen LogP contribution in [-0.4, -0.2) is 188 Å². The normalized spacial score (nSPS) is 19.5. The van der Waals surface area contributed by atoms with Crippen LogP contribution in [0.4, 0.5) is 4.79 Å². The molecule has 116 heavy (non-hydrogen) atoms. The fourth-order valence-corrected chi connectivity index (χ4v) is 15.5. The lowest BCUT2D eigenvalue weighted by Crippen LogP contribution is -2.55. The molecule has 0 spiro atoms. The number of Topliss-reactive ketones (excluding diaryl/α,β-unsaturated/α-hetero) is 1. The average molecular weight is 1650 g/mol. The van der Waals surface area contributed by atoms with Crippen LogP contribution in [0.1, 0.15) is 169 Å². The Morgan fingerprint density at radius 1 is 0.819 bits per heavy atom. The second-order valence-electron chi connectivity index (χ2n) is 31.2. The molecule has 8 amide bonds. The fraction of sp³-hybridized carbons (Fsp3) is 0.432. The van der Waals surface area contributed by atoms with Gasteiger partial charge in [-0.15, -0.1) is 11.3 Å². The molecule has 5 aliphatic heterocycles. The number of carbonyl (C=O) groups excluding carboxylic acids is 9. The Hall–Kier alpha value is -9.90. The van der Waals surface area contributed by atoms with Crippen molar-refractivity contribution in [3.05, 3.63) is 212 Å². The lowest BCUT2D eigenvalue weighted by atomic mass is 9.86. The lowest BCUT2D eigenvalue weighted by molar-refractivity contribution is -0.148. The van der Waals surface area contributed by atoms with Gasteiger partial charge in [-0.05, 0) is 134 Å². The number of hydrogen-bond acceptors (Lipinski definition) is 19. The third kappa shape index (κ3) is 23.9. The van der Waals surface area contributed by atoms with Crippen LogP contribution in [0.2, 0.25) is 10.0 Å². The van der Waals surface area contributed by atoms with E-state index >= 15 is 0 Å². The maximum Gasteiger partial charge on any atom is 0.322 e. The van der Waals surface area contributed by atoms with Crippen LogP contribution < -0.4 is 31.7 Å². The summed E-state index contributed by atoms with van der Waals surface area (Å²) >= 11 is 14.1. The van der Waals surface area contributed by atoms with E-state index in [1.807, 2.05) is 158 Å². The second-order valence-corrected chi connectivity index (χ2v) is 33.0. The number of aryl methyl sites for hydroxylation is 1. The number of hydrogen-bond donors (Lipinski definition) is 8. The van der Waals surface area contributed by atoms with Crippen molar-refractivity contribution in [1.29, 1.82) is 0 Å². The topological polar surface area (TPSA) is 336 Å². The zero-order valence-corrected chi connectivity index (χ0v) is 70.6. The molecule has 0 saturated carbocycles. The zero-order chi connectivity index (χ0) is 85.0. The van der Waals surface area contributed by atoms with Gasteiger partial charge in [0.05, 0.1) is 59.4 Å². The van der Waals surface area contributed by atoms with Gasteiger partial charge in [0.2, 0.25) is 29.5 Å². The molecule has 0 aliphatic carbocycles. The van der Waals surface area contributed by atoms with Gasteiger partial charge in [-0.2, -0.15) is 0 Å². The van der Waals surface area contributed by atoms with Crippen molar-refractivity contribution >= 4 is 93.5 Å². The number of thiazole rings is 1. The number of nitrogens with two attached hydrogens (primary N) is 1. The second kappa shape index (κ2) is 42.3. The molecular weight excluding hydrogens is 1540 g/mol. The number of aromatic nitrogens is 1. The number of halogens is 2. The van der Waals surface area contributed by atoms with Gasteiger partial charge in [-0.3, -0.25) is 58.8 Å². The Kier molecular flexibility index (Phi) is 33.4. The highest BCUT2D eigenvalue weighted by Gasteiger charge is 2.49. The number of nitrogens with zero attached hydrogens (tertiary/aromatic N) is 6. The van der Waals surface area contributed by atoms with E-state index in [9.17, 15) is 58.5 Å². The third-order valence-electron chi connectivity index (χ3n) is 20.3. The van der Waals surface area contributed by atoms with E-state index in [-0.39, 0.29) is 97.1 Å². The molecule has 622 valence electrons. The first-order valence-electron chi connectivity index (χ1n) is 39.1. The minimum Gasteiger partial charge on any atom is -0.504 e. The number of phenolic OH excluding ortho intramolecular Hbond substituents is 1. The van der Waals surface area contributed by atoms with Crippen LogP contribution in [0.25, 0.3) is 16.1 Å². The first-order chi connectivity index (χ1) is 55.1. The number of methoxy groups -OCH3 is 1. The van der Waals surface area contributed by atoms with Crippen LogP contribution in [0.3, 0.4) is 0 Å². The summed E-state index contributed by atoms with van der Waals surface area (Å²) in [5.41, 5.74) is 15.9. The highest BCUT2D eigenvalue weighted by Crippen LogP contribution is 2.48. The Balaban J connectivity index is 0.000000198. The third-order valence-corrected chi connectivity index (χ3v) is 21.7. The maximum absolute atomic E-state index is 14.4. The minimum atomic E-state index is -1.28. The number of phenols is 1. The predicted octanol–water partition coefficient (Wildman–Crippen LogP) is 12.1. The summed E-state index contributed by atoms with van der Waals surface area (Å²) in [4.78, 5) is 126. The number of β-amino-alcohol motifs (C(OH)–C–C–N with tert-alkyl or cyclic N) is 1. The van der Waals surface area contributed by atoms with Gasteiger partial charge in [-0.1, -0.05) is 188 Å². The Morgan fingerprint density at radius 3 is 1.99 bits per heavy atom. The molecule has 0 radical (unpaired) electrons. The number of likely N-dealkylation sites (N-methyl/N-ethyl adjacent to an activating group) is 2. The Bertz CT molecular complexity index is 4510. The monoisotopic (exact) mass is 1650 g/mol. The fourth-order valence-electron chi connectivity index (χ4n) is 14.5. The molecule has 5 aliphatic rings. The number of fused-ring (bicyclic) bond motifs is 1. The number of aromatic hydroxyl groups is 1. The highest BCUT2D eigenvalue weighted by molar-refractivity contribution is 7.13. The molecule has 4 fully saturated rings. The van der Waals surface area contributed by atoms with Gasteiger partial charge in [0.25, 0.3) is 5.91 Å². The average Bonchev–Trinajstić information content (AvgIpc) is 1.24. The number of esters is 1. The number of aliphatic hydroxyl groups is 2. The van der Waals surface area contributed by atoms with E-state index < -0.39 is 72.2 Å². The van der Waals surface area contributed by atoms with E-state index in [1.54, 1.807) is 88.7 Å². The molecule has 25 nitrogen and oxygen atoms in total. The molecule has 10 atom stereocenters. The SMILES string of the molecule is C=C1c2ccccc2C(=O)N1C1CCC(=O)NC1=O.CC(C)Oc1cc(C2N[C@@H](c3ccc(Cl)cc3)[C@@H](c3ccc(Cl)cc3)N2C(=O)N2CCN(C)C(=O)C2)ccc1O.CCC.CN[C@H](C(=O)N1C[C@H](O)C[C@H]1C(=O)NCc1ccc(-c2scnc2C)cc1)C(C)(C)C.COC(=O)[C@@H](CC(=O)[C@@H](O)[C@H](N)Cc1ccccc1)CC(C)C. The van der Waals surface area contributed by atoms with Crippen molar-refractivity contribution in [1.82, 2.24) is 50.8 Å². The first kappa shape index (κ1) is 91.6. The summed E-state index contributed by atoms with van der Waals surface area (Å²) in [5, 5.41) is 43.9. The van der Waals surface area contributed by atoms with Gasteiger partial charge < -0.3 is 55.9 Å². The quantitative estimate of drug-likeness (QED) is 0.0245. The number of imide groups is 1. The molecule has 7 aromatic rings. The number of amides is 8. The van der Waals surface area contributed by atoms with Crippen LogP contribution >= 0.6 is 34.5 Å². The lowest BCUT2D eigenvalue weighted by Gasteiger charge is -2.38. The van der Waals surface area contributed by atoms with Crippen LogP contribution in [0, 0.1) is 24.2 Å². The largest absolute Gasteiger partial charge is 0.504 e. The number of piperazine rings is 1. The summed E-state index contributed by atoms with van der Waals surface area (Å²) in [6, 6.07) is 41.2. The maximum atomic E-state index is 14.4. The number of carbonyl (C=O) groups is 9. The van der Waals surface area contributed by atoms with Gasteiger partial charge >= 0.3 is 12.0 Å². The number of nitrogens with one attached hydrogen (secondary N) is 4. The number of ketones is 1. The van der Waals surface area contributed by atoms with E-state index in [4.69, 9.17) is 38.4 Å². The van der Waals surface area contributed by atoms with E-state index in [2.05, 4.69) is 46.7 Å². The van der Waals surface area contributed by atoms with E-state index in [0.29, 0.717) is 66.0 Å². The van der Waals surface area contributed by atoms with Gasteiger partial charge in [-0.25, -0.2) is 9.78 Å². The summed E-state index contributed by atoms with van der Waals surface area (Å²) in [6.45, 7) is 25.2. The van der Waals surface area contributed by atoms with Crippen molar-refractivity contribution in [2.45, 2.75) is 181 Å². The number of benzene rings is 6. The molecule has 12 rings (SSSR count). The van der Waals surface area contributed by atoms with Crippen molar-refractivity contribution in [3.63, 3.8) is 0 Å². The summed E-state index contributed by atoms with van der Waals surface area (Å²) in [6.07, 6.45) is 0.242. The molecule has 0 bridgehead atoms. The van der Waals surface area contributed by atoms with E-state index in [1.165, 1.54) is 23.3 Å². The number of urea groups is 1. The smallest absolute Gasteiger partial charge is 0.322 e. The Morgan fingerprint density at radius 2 is 1.43 bits per heavy atom. The molecule has 28 heteroatoms. The predicted molar refractivity (Wildman–Crippen MR) is 450 cm³/mol. The molecule has 4 saturated heterocycles. The highest BCUT2D eigenvalue weighted by atomic mass is 35.5. The first-order valence-corrected chi connectivity index (χ1v) is 40.8. The van der Waals surface area contributed by atoms with Crippen molar-refractivity contribution in [3.8, 4) is 21.9 Å². The molecule has 6 heterocycles. The van der Waals surface area contributed by atoms with Crippen molar-refractivity contribution in [2.75, 3.05) is 47.4 Å². The minimum absolute atomic E-state index is 0.00517. The molecule has 9 N–H and O–H groups in total. The van der Waals surface area contributed by atoms with Gasteiger partial charge in [0.15, 0.2) is 17.3 Å². The number of rotatable bonds is 21. The zero-order valence-electron chi connectivity index (χ0n) is 68.3. The number of likely N-dealkylation sites (tertiary alicyclic amines) is 1. The number of piperidine rings is 1. The number of ether oxygens (including phenoxy) is 2. The Labute approximate surface area is 694 Å².